The highest BCUT2D eigenvalue weighted by Crippen LogP contribution is 2.33. The molecule has 1 unspecified atom stereocenters. The summed E-state index contributed by atoms with van der Waals surface area (Å²) in [4.78, 5) is 21.0. The normalized spacial score (nSPS) is 15.5. The van der Waals surface area contributed by atoms with Gasteiger partial charge in [-0.15, -0.1) is 0 Å². The van der Waals surface area contributed by atoms with Crippen LogP contribution in [0.2, 0.25) is 0 Å². The van der Waals surface area contributed by atoms with Crippen molar-refractivity contribution in [3.8, 4) is 0 Å². The van der Waals surface area contributed by atoms with Gasteiger partial charge in [0.2, 0.25) is 5.83 Å². The molecule has 0 aromatic heterocycles. The highest BCUT2D eigenvalue weighted by molar-refractivity contribution is 5.97. The maximum Gasteiger partial charge on any atom is 0.416 e. The number of nitrogens with zero attached hydrogens (tertiary/aromatic N) is 3. The average molecular weight is 519 g/mol. The number of rotatable bonds is 12. The maximum atomic E-state index is 15.8. The summed E-state index contributed by atoms with van der Waals surface area (Å²) in [7, 11) is 1.42. The molecular weight excluding hydrogens is 488 g/mol. The lowest BCUT2D eigenvalue weighted by Crippen LogP contribution is -2.36. The minimum absolute atomic E-state index is 0.0190. The van der Waals surface area contributed by atoms with E-state index in [1.165, 1.54) is 19.2 Å². The fourth-order valence-electron chi connectivity index (χ4n) is 4.01. The molecule has 2 N–H and O–H groups in total. The van der Waals surface area contributed by atoms with E-state index in [1.807, 2.05) is 30.3 Å². The zero-order chi connectivity index (χ0) is 27.0. The summed E-state index contributed by atoms with van der Waals surface area (Å²) in [5.74, 6) is -2.08. The lowest BCUT2D eigenvalue weighted by molar-refractivity contribution is -0.138. The first-order valence-corrected chi connectivity index (χ1v) is 11.9. The van der Waals surface area contributed by atoms with Crippen LogP contribution in [0.4, 0.5) is 17.6 Å². The number of hydrogen-bond donors (Lipinski definition) is 2. The van der Waals surface area contributed by atoms with Crippen LogP contribution in [-0.4, -0.2) is 47.7 Å². The van der Waals surface area contributed by atoms with Crippen LogP contribution >= 0.6 is 0 Å². The van der Waals surface area contributed by atoms with Gasteiger partial charge >= 0.3 is 12.1 Å². The average Bonchev–Trinajstić information content (AvgIpc) is 3.71. The van der Waals surface area contributed by atoms with E-state index in [0.717, 1.165) is 30.5 Å². The summed E-state index contributed by atoms with van der Waals surface area (Å²) >= 11 is 0. The Labute approximate surface area is 213 Å². The Bertz CT molecular complexity index is 1130. The molecule has 6 nitrogen and oxygen atoms in total. The van der Waals surface area contributed by atoms with Crippen molar-refractivity contribution in [2.75, 3.05) is 7.05 Å². The molecule has 0 saturated heterocycles. The van der Waals surface area contributed by atoms with Crippen LogP contribution in [0.3, 0.4) is 0 Å². The standard InChI is InChI=1S/C27H30F4N4O2/c1-32-25(34-21(16-23(36)37)13-10-18-6-4-3-5-7-18)24(28)26(33-2)35(22-14-15-22)17-19-8-11-20(12-9-19)27(29,30)31/h3-9,11-12,21-22,34H,1,10,13-17H2,2H3,(H,36,37)/b25-24-,33-26+. The van der Waals surface area contributed by atoms with Crippen LogP contribution in [-0.2, 0) is 23.9 Å². The van der Waals surface area contributed by atoms with Gasteiger partial charge in [-0.3, -0.25) is 9.79 Å². The van der Waals surface area contributed by atoms with E-state index >= 15 is 4.39 Å². The van der Waals surface area contributed by atoms with Crippen molar-refractivity contribution in [2.45, 2.75) is 56.9 Å². The molecule has 2 aromatic carbocycles. The van der Waals surface area contributed by atoms with Crippen LogP contribution in [0.25, 0.3) is 0 Å². The van der Waals surface area contributed by atoms with Crippen LogP contribution in [0, 0.1) is 0 Å². The molecule has 1 saturated carbocycles. The van der Waals surface area contributed by atoms with E-state index in [9.17, 15) is 23.1 Å². The number of amidine groups is 1. The topological polar surface area (TPSA) is 77.3 Å². The van der Waals surface area contributed by atoms with E-state index in [0.29, 0.717) is 18.4 Å². The Morgan fingerprint density at radius 3 is 2.30 bits per heavy atom. The lowest BCUT2D eigenvalue weighted by Gasteiger charge is -2.27. The van der Waals surface area contributed by atoms with Crippen molar-refractivity contribution in [1.29, 1.82) is 0 Å². The van der Waals surface area contributed by atoms with Gasteiger partial charge in [-0.05, 0) is 55.7 Å². The quantitative estimate of drug-likeness (QED) is 0.218. The van der Waals surface area contributed by atoms with Crippen molar-refractivity contribution < 1.29 is 27.5 Å². The second-order valence-corrected chi connectivity index (χ2v) is 8.89. The van der Waals surface area contributed by atoms with E-state index in [1.54, 1.807) is 4.90 Å². The second-order valence-electron chi connectivity index (χ2n) is 8.89. The van der Waals surface area contributed by atoms with Crippen molar-refractivity contribution in [3.05, 3.63) is 82.9 Å². The number of aryl methyl sites for hydroxylation is 1. The first-order valence-electron chi connectivity index (χ1n) is 11.9. The number of aliphatic carboxylic acids is 1. The molecule has 0 amide bonds. The number of halogens is 4. The zero-order valence-corrected chi connectivity index (χ0v) is 20.5. The van der Waals surface area contributed by atoms with Gasteiger partial charge in [0.25, 0.3) is 0 Å². The van der Waals surface area contributed by atoms with E-state index < -0.39 is 29.6 Å². The summed E-state index contributed by atoms with van der Waals surface area (Å²) in [5, 5.41) is 12.2. The summed E-state index contributed by atoms with van der Waals surface area (Å²) in [6.45, 7) is 3.60. The Kier molecular flexibility index (Phi) is 9.43. The molecule has 0 spiro atoms. The molecule has 0 bridgehead atoms. The van der Waals surface area contributed by atoms with Crippen LogP contribution in [0.5, 0.6) is 0 Å². The second kappa shape index (κ2) is 12.5. The molecule has 0 aliphatic heterocycles. The molecule has 37 heavy (non-hydrogen) atoms. The van der Waals surface area contributed by atoms with Crippen LogP contribution < -0.4 is 5.32 Å². The van der Waals surface area contributed by atoms with Gasteiger partial charge in [0.1, 0.15) is 0 Å². The first-order chi connectivity index (χ1) is 17.6. The third-order valence-electron chi connectivity index (χ3n) is 6.05. The van der Waals surface area contributed by atoms with E-state index in [-0.39, 0.29) is 30.7 Å². The molecule has 3 rings (SSSR count). The largest absolute Gasteiger partial charge is 0.481 e. The Hall–Kier alpha value is -3.69. The molecular formula is C27H30F4N4O2. The predicted molar refractivity (Wildman–Crippen MR) is 135 cm³/mol. The molecule has 1 aliphatic carbocycles. The summed E-state index contributed by atoms with van der Waals surface area (Å²) in [6.07, 6.45) is -2.13. The third-order valence-corrected chi connectivity index (χ3v) is 6.05. The first kappa shape index (κ1) is 27.9. The number of aliphatic imine (C=N–C) groups is 2. The molecule has 1 atom stereocenters. The van der Waals surface area contributed by atoms with Gasteiger partial charge in [0.15, 0.2) is 11.7 Å². The fourth-order valence-corrected chi connectivity index (χ4v) is 4.01. The number of nitrogens with one attached hydrogen (secondary N) is 1. The van der Waals surface area contributed by atoms with Gasteiger partial charge in [0.05, 0.1) is 12.0 Å². The smallest absolute Gasteiger partial charge is 0.416 e. The Morgan fingerprint density at radius 1 is 1.14 bits per heavy atom. The maximum absolute atomic E-state index is 15.8. The summed E-state index contributed by atoms with van der Waals surface area (Å²) < 4.78 is 54.5. The Balaban J connectivity index is 1.80. The lowest BCUT2D eigenvalue weighted by atomic mass is 10.0. The van der Waals surface area contributed by atoms with Crippen LogP contribution in [0.1, 0.15) is 42.4 Å². The van der Waals surface area contributed by atoms with Gasteiger partial charge in [-0.1, -0.05) is 42.5 Å². The summed E-state index contributed by atoms with van der Waals surface area (Å²) in [5.41, 5.74) is 0.832. The van der Waals surface area contributed by atoms with Crippen LogP contribution in [0.15, 0.2) is 76.2 Å². The highest BCUT2D eigenvalue weighted by atomic mass is 19.4. The van der Waals surface area contributed by atoms with Crippen molar-refractivity contribution in [2.24, 2.45) is 9.98 Å². The molecule has 2 aromatic rings. The minimum atomic E-state index is -4.44. The number of benzene rings is 2. The fraction of sp³-hybridized carbons (Fsp3) is 0.370. The molecule has 198 valence electrons. The molecule has 1 aliphatic rings. The molecule has 0 radical (unpaired) electrons. The number of carboxylic acid groups (broad SMARTS) is 1. The monoisotopic (exact) mass is 518 g/mol. The molecule has 1 fully saturated rings. The number of carboxylic acids is 1. The minimum Gasteiger partial charge on any atom is -0.481 e. The zero-order valence-electron chi connectivity index (χ0n) is 20.5. The van der Waals surface area contributed by atoms with Gasteiger partial charge in [0, 0.05) is 25.7 Å². The predicted octanol–water partition coefficient (Wildman–Crippen LogP) is 5.60. The number of alkyl halides is 3. The van der Waals surface area contributed by atoms with Gasteiger partial charge in [-0.2, -0.15) is 17.6 Å². The number of hydrogen-bond acceptors (Lipinski definition) is 4. The van der Waals surface area contributed by atoms with Crippen molar-refractivity contribution in [3.63, 3.8) is 0 Å². The highest BCUT2D eigenvalue weighted by Gasteiger charge is 2.35. The molecule has 10 heteroatoms. The third kappa shape index (κ3) is 8.16. The Morgan fingerprint density at radius 2 is 1.78 bits per heavy atom. The van der Waals surface area contributed by atoms with E-state index in [2.05, 4.69) is 22.0 Å². The van der Waals surface area contributed by atoms with E-state index in [4.69, 9.17) is 0 Å². The molecule has 0 heterocycles. The number of carbonyl (C=O) groups is 1. The van der Waals surface area contributed by atoms with Gasteiger partial charge in [-0.25, -0.2) is 4.99 Å². The SMILES string of the molecule is C=N/C(NC(CCc1ccccc1)CC(=O)O)=C(F)\C(=N/C)N(Cc1ccc(C(F)(F)F)cc1)C1CC1. The summed E-state index contributed by atoms with van der Waals surface area (Å²) in [6, 6.07) is 13.6. The van der Waals surface area contributed by atoms with Crippen molar-refractivity contribution in [1.82, 2.24) is 10.2 Å². The van der Waals surface area contributed by atoms with Gasteiger partial charge < -0.3 is 15.3 Å². The van der Waals surface area contributed by atoms with Crippen molar-refractivity contribution >= 4 is 18.5 Å².